The van der Waals surface area contributed by atoms with Crippen LogP contribution in [0.15, 0.2) is 53.6 Å². The molecule has 2 aromatic carbocycles. The summed E-state index contributed by atoms with van der Waals surface area (Å²) in [4.78, 5) is 23.8. The molecule has 148 valence electrons. The van der Waals surface area contributed by atoms with Gasteiger partial charge >= 0.3 is 5.97 Å². The Bertz CT molecular complexity index is 1060. The van der Waals surface area contributed by atoms with Crippen molar-refractivity contribution < 1.29 is 33.7 Å². The van der Waals surface area contributed by atoms with Crippen molar-refractivity contribution in [3.05, 3.63) is 59.4 Å². The number of halogens is 1. The van der Waals surface area contributed by atoms with Crippen LogP contribution in [-0.2, 0) is 14.3 Å². The number of aliphatic hydroxyl groups is 1. The fourth-order valence-corrected chi connectivity index (χ4v) is 2.88. The van der Waals surface area contributed by atoms with Gasteiger partial charge in [0.2, 0.25) is 0 Å². The molecule has 0 bridgehead atoms. The maximum Gasteiger partial charge on any atom is 0.336 e. The van der Waals surface area contributed by atoms with Crippen molar-refractivity contribution >= 4 is 17.6 Å². The third-order valence-corrected chi connectivity index (χ3v) is 4.28. The largest absolute Gasteiger partial charge is 0.497 e. The number of rotatable bonds is 5. The van der Waals surface area contributed by atoms with Gasteiger partial charge in [0.25, 0.3) is 5.91 Å². The lowest BCUT2D eigenvalue weighted by atomic mass is 10.0. The highest BCUT2D eigenvalue weighted by atomic mass is 19.1. The van der Waals surface area contributed by atoms with Crippen LogP contribution in [0.1, 0.15) is 0 Å². The minimum atomic E-state index is -1.91. The predicted octanol–water partition coefficient (Wildman–Crippen LogP) is 2.06. The number of methoxy groups -OCH3 is 1. The number of ether oxygens (including phenoxy) is 2. The monoisotopic (exact) mass is 398 g/mol. The molecule has 1 heterocycles. The topological polar surface area (TPSA) is 129 Å². The maximum atomic E-state index is 14.5. The number of hydrogen-bond acceptors (Lipinski definition) is 6. The Morgan fingerprint density at radius 1 is 1.21 bits per heavy atom. The van der Waals surface area contributed by atoms with E-state index >= 15 is 0 Å². The van der Waals surface area contributed by atoms with Gasteiger partial charge in [0, 0.05) is 0 Å². The number of nitrogens with one attached hydrogen (secondary N) is 1. The van der Waals surface area contributed by atoms with Crippen LogP contribution in [0.3, 0.4) is 0 Å². The fraction of sp³-hybridized carbons (Fsp3) is 0.150. The summed E-state index contributed by atoms with van der Waals surface area (Å²) in [7, 11) is 1.51. The molecule has 2 aromatic rings. The summed E-state index contributed by atoms with van der Waals surface area (Å²) in [6.45, 7) is 0. The van der Waals surface area contributed by atoms with E-state index in [4.69, 9.17) is 14.7 Å². The number of benzene rings is 2. The molecule has 2 unspecified atom stereocenters. The van der Waals surface area contributed by atoms with E-state index in [9.17, 15) is 24.2 Å². The summed E-state index contributed by atoms with van der Waals surface area (Å²) < 4.78 is 24.4. The second-order valence-electron chi connectivity index (χ2n) is 6.01. The molecule has 2 atom stereocenters. The molecule has 1 amide bonds. The molecule has 0 aliphatic carbocycles. The van der Waals surface area contributed by atoms with Gasteiger partial charge in [-0.05, 0) is 35.4 Å². The second kappa shape index (κ2) is 8.10. The van der Waals surface area contributed by atoms with Crippen molar-refractivity contribution in [2.45, 2.75) is 12.4 Å². The van der Waals surface area contributed by atoms with Crippen LogP contribution < -0.4 is 10.1 Å². The number of carbonyl (C=O) groups is 2. The molecule has 0 saturated heterocycles. The smallest absolute Gasteiger partial charge is 0.336 e. The molecular weight excluding hydrogens is 383 g/mol. The van der Waals surface area contributed by atoms with Crippen LogP contribution in [0.2, 0.25) is 0 Å². The Hall–Kier alpha value is -3.74. The SMILES string of the molecule is COc1cccc(-c2ccc(NC(=O)C3=C(C(=O)O)C(C#N)OC3O)c(F)c2)c1. The summed E-state index contributed by atoms with van der Waals surface area (Å²) in [5.41, 5.74) is -0.357. The molecule has 1 aliphatic heterocycles. The lowest BCUT2D eigenvalue weighted by Crippen LogP contribution is -2.24. The van der Waals surface area contributed by atoms with Gasteiger partial charge in [0.1, 0.15) is 11.6 Å². The van der Waals surface area contributed by atoms with Gasteiger partial charge < -0.3 is 25.0 Å². The van der Waals surface area contributed by atoms with Gasteiger partial charge in [-0.3, -0.25) is 4.79 Å². The first-order valence-electron chi connectivity index (χ1n) is 8.31. The highest BCUT2D eigenvalue weighted by Gasteiger charge is 2.41. The van der Waals surface area contributed by atoms with E-state index in [2.05, 4.69) is 5.32 Å². The summed E-state index contributed by atoms with van der Waals surface area (Å²) in [6.07, 6.45) is -3.52. The minimum Gasteiger partial charge on any atom is -0.497 e. The first kappa shape index (κ1) is 20.0. The standard InChI is InChI=1S/C20H15FN2O6/c1-28-12-4-2-3-10(7-12)11-5-6-14(13(21)8-11)23-18(24)17-16(19(25)26)15(9-22)29-20(17)27/h2-8,15,20,27H,1H3,(H,23,24)(H,25,26). The highest BCUT2D eigenvalue weighted by molar-refractivity contribution is 6.10. The molecule has 8 nitrogen and oxygen atoms in total. The van der Waals surface area contributed by atoms with Gasteiger partial charge in [-0.15, -0.1) is 0 Å². The van der Waals surface area contributed by atoms with Crippen molar-refractivity contribution in [1.82, 2.24) is 0 Å². The zero-order valence-corrected chi connectivity index (χ0v) is 15.0. The second-order valence-corrected chi connectivity index (χ2v) is 6.01. The van der Waals surface area contributed by atoms with E-state index in [-0.39, 0.29) is 5.69 Å². The van der Waals surface area contributed by atoms with E-state index in [1.807, 2.05) is 0 Å². The quantitative estimate of drug-likeness (QED) is 0.703. The van der Waals surface area contributed by atoms with E-state index in [1.165, 1.54) is 25.3 Å². The lowest BCUT2D eigenvalue weighted by molar-refractivity contribution is -0.133. The first-order valence-corrected chi connectivity index (χ1v) is 8.31. The summed E-state index contributed by atoms with van der Waals surface area (Å²) in [5, 5.41) is 30.2. The number of amides is 1. The average molecular weight is 398 g/mol. The Morgan fingerprint density at radius 2 is 1.93 bits per heavy atom. The third-order valence-electron chi connectivity index (χ3n) is 4.28. The molecule has 3 rings (SSSR count). The molecule has 0 radical (unpaired) electrons. The average Bonchev–Trinajstić information content (AvgIpc) is 3.06. The number of carboxylic acids is 1. The summed E-state index contributed by atoms with van der Waals surface area (Å²) in [6, 6.07) is 12.5. The molecule has 0 aromatic heterocycles. The number of nitriles is 1. The summed E-state index contributed by atoms with van der Waals surface area (Å²) in [5.74, 6) is -2.86. The van der Waals surface area contributed by atoms with Crippen molar-refractivity contribution in [2.24, 2.45) is 0 Å². The maximum absolute atomic E-state index is 14.5. The Balaban J connectivity index is 1.89. The predicted molar refractivity (Wildman–Crippen MR) is 98.2 cm³/mol. The molecule has 0 spiro atoms. The minimum absolute atomic E-state index is 0.230. The first-order chi connectivity index (χ1) is 13.8. The van der Waals surface area contributed by atoms with Gasteiger partial charge in [-0.2, -0.15) is 5.26 Å². The molecule has 3 N–H and O–H groups in total. The van der Waals surface area contributed by atoms with Gasteiger partial charge in [0.15, 0.2) is 12.4 Å². The van der Waals surface area contributed by atoms with Crippen LogP contribution in [0.5, 0.6) is 5.75 Å². The zero-order valence-electron chi connectivity index (χ0n) is 15.0. The molecule has 0 fully saturated rings. The van der Waals surface area contributed by atoms with Crippen molar-refractivity contribution in [1.29, 1.82) is 5.26 Å². The number of hydrogen-bond donors (Lipinski definition) is 3. The van der Waals surface area contributed by atoms with Crippen LogP contribution >= 0.6 is 0 Å². The molecule has 9 heteroatoms. The highest BCUT2D eigenvalue weighted by Crippen LogP contribution is 2.30. The number of carbonyl (C=O) groups excluding carboxylic acids is 1. The van der Waals surface area contributed by atoms with Crippen molar-refractivity contribution in [2.75, 3.05) is 12.4 Å². The summed E-state index contributed by atoms with van der Waals surface area (Å²) >= 11 is 0. The number of nitrogens with zero attached hydrogens (tertiary/aromatic N) is 1. The van der Waals surface area contributed by atoms with Crippen LogP contribution in [0.25, 0.3) is 11.1 Å². The van der Waals surface area contributed by atoms with Crippen LogP contribution in [-0.4, -0.2) is 41.6 Å². The fourth-order valence-electron chi connectivity index (χ4n) is 2.88. The van der Waals surface area contributed by atoms with Gasteiger partial charge in [-0.1, -0.05) is 18.2 Å². The van der Waals surface area contributed by atoms with Crippen LogP contribution in [0, 0.1) is 17.1 Å². The van der Waals surface area contributed by atoms with Gasteiger partial charge in [0.05, 0.1) is 30.0 Å². The molecule has 29 heavy (non-hydrogen) atoms. The normalized spacial score (nSPS) is 18.3. The van der Waals surface area contributed by atoms with Gasteiger partial charge in [-0.25, -0.2) is 9.18 Å². The van der Waals surface area contributed by atoms with Crippen molar-refractivity contribution in [3.63, 3.8) is 0 Å². The molecular formula is C20H15FN2O6. The van der Waals surface area contributed by atoms with E-state index in [1.54, 1.807) is 30.3 Å². The number of aliphatic carboxylic acids is 1. The lowest BCUT2D eigenvalue weighted by Gasteiger charge is -2.11. The Labute approximate surface area is 164 Å². The van der Waals surface area contributed by atoms with Crippen molar-refractivity contribution in [3.8, 4) is 22.9 Å². The Kier molecular flexibility index (Phi) is 5.59. The number of aliphatic hydroxyl groups excluding tert-OH is 1. The van der Waals surface area contributed by atoms with Crippen LogP contribution in [0.4, 0.5) is 10.1 Å². The van der Waals surface area contributed by atoms with E-state index < -0.39 is 41.2 Å². The van der Waals surface area contributed by atoms with E-state index in [0.29, 0.717) is 16.9 Å². The number of anilines is 1. The zero-order chi connectivity index (χ0) is 21.1. The van der Waals surface area contributed by atoms with E-state index in [0.717, 1.165) is 0 Å². The number of carboxylic acid groups (broad SMARTS) is 1. The molecule has 0 saturated carbocycles. The molecule has 1 aliphatic rings. The Morgan fingerprint density at radius 3 is 2.55 bits per heavy atom. The third kappa shape index (κ3) is 3.94.